The Bertz CT molecular complexity index is 170. The molecular formula is C8H12BrP. The summed E-state index contributed by atoms with van der Waals surface area (Å²) in [5.74, 6) is 0. The third-order valence-electron chi connectivity index (χ3n) is 1.24. The topological polar surface area (TPSA) is 0 Å². The van der Waals surface area contributed by atoms with Gasteiger partial charge in [0.05, 0.1) is 0 Å². The molecule has 0 aliphatic heterocycles. The van der Waals surface area contributed by atoms with E-state index in [4.69, 9.17) is 0 Å². The van der Waals surface area contributed by atoms with E-state index in [1.54, 1.807) is 0 Å². The van der Waals surface area contributed by atoms with Gasteiger partial charge in [-0.1, -0.05) is 29.3 Å². The molecule has 0 radical (unpaired) electrons. The quantitative estimate of drug-likeness (QED) is 0.587. The van der Waals surface area contributed by atoms with E-state index in [1.165, 1.54) is 16.4 Å². The second kappa shape index (κ2) is 4.10. The summed E-state index contributed by atoms with van der Waals surface area (Å²) >= 11 is 0. The summed E-state index contributed by atoms with van der Waals surface area (Å²) in [6.45, 7) is 4.22. The average molecular weight is 219 g/mol. The smallest absolute Gasteiger partial charge is 0.0297 e. The van der Waals surface area contributed by atoms with E-state index in [1.807, 2.05) is 0 Å². The molecule has 1 atom stereocenters. The van der Waals surface area contributed by atoms with E-state index in [2.05, 4.69) is 41.3 Å². The van der Waals surface area contributed by atoms with Gasteiger partial charge in [-0.2, -0.15) is 0 Å². The van der Waals surface area contributed by atoms with Gasteiger partial charge in [-0.05, 0) is 19.2 Å². The van der Waals surface area contributed by atoms with Gasteiger partial charge in [0.1, 0.15) is 0 Å². The van der Waals surface area contributed by atoms with Crippen LogP contribution in [0.3, 0.4) is 0 Å². The Labute approximate surface area is 75.0 Å². The Morgan fingerprint density at radius 3 is 1.70 bits per heavy atom. The minimum absolute atomic E-state index is 0. The summed E-state index contributed by atoms with van der Waals surface area (Å²) in [6, 6.07) is 6.48. The molecule has 0 saturated carbocycles. The number of aryl methyl sites for hydroxylation is 2. The van der Waals surface area contributed by atoms with Crippen LogP contribution in [-0.2, 0) is 0 Å². The molecule has 0 spiro atoms. The van der Waals surface area contributed by atoms with E-state index >= 15 is 0 Å². The zero-order chi connectivity index (χ0) is 6.85. The van der Waals surface area contributed by atoms with Crippen LogP contribution >= 0.6 is 26.2 Å². The van der Waals surface area contributed by atoms with Crippen LogP contribution in [0.5, 0.6) is 0 Å². The van der Waals surface area contributed by atoms with Crippen LogP contribution in [-0.4, -0.2) is 0 Å². The Hall–Kier alpha value is 0.130. The lowest BCUT2D eigenvalue weighted by Gasteiger charge is -1.96. The third kappa shape index (κ3) is 2.81. The van der Waals surface area contributed by atoms with E-state index < -0.39 is 0 Å². The van der Waals surface area contributed by atoms with Crippen LogP contribution in [0.25, 0.3) is 0 Å². The van der Waals surface area contributed by atoms with Crippen molar-refractivity contribution in [2.45, 2.75) is 13.8 Å². The Morgan fingerprint density at radius 1 is 1.00 bits per heavy atom. The van der Waals surface area contributed by atoms with Crippen LogP contribution < -0.4 is 5.30 Å². The summed E-state index contributed by atoms with van der Waals surface area (Å²) < 4.78 is 0. The second-order valence-corrected chi connectivity index (χ2v) is 3.09. The number of hydrogen-bond donors (Lipinski definition) is 0. The van der Waals surface area contributed by atoms with Crippen molar-refractivity contribution in [3.05, 3.63) is 29.3 Å². The third-order valence-corrected chi connectivity index (χ3v) is 1.58. The fraction of sp³-hybridized carbons (Fsp3) is 0.250. The summed E-state index contributed by atoms with van der Waals surface area (Å²) in [5.41, 5.74) is 2.67. The van der Waals surface area contributed by atoms with Gasteiger partial charge in [-0.15, -0.1) is 26.2 Å². The first-order chi connectivity index (χ1) is 4.18. The first-order valence-electron chi connectivity index (χ1n) is 3.02. The summed E-state index contributed by atoms with van der Waals surface area (Å²) in [7, 11) is 2.70. The fourth-order valence-corrected chi connectivity index (χ4v) is 1.54. The van der Waals surface area contributed by atoms with E-state index in [-0.39, 0.29) is 17.0 Å². The highest BCUT2D eigenvalue weighted by Gasteiger charge is 1.87. The van der Waals surface area contributed by atoms with Crippen LogP contribution in [0.15, 0.2) is 18.2 Å². The molecule has 1 aromatic carbocycles. The molecule has 0 heterocycles. The molecule has 2 heteroatoms. The highest BCUT2D eigenvalue weighted by atomic mass is 79.9. The van der Waals surface area contributed by atoms with Gasteiger partial charge in [-0.3, -0.25) is 0 Å². The van der Waals surface area contributed by atoms with E-state index in [0.717, 1.165) is 0 Å². The van der Waals surface area contributed by atoms with Crippen molar-refractivity contribution in [3.63, 3.8) is 0 Å². The molecule has 1 rings (SSSR count). The lowest BCUT2D eigenvalue weighted by atomic mass is 10.2. The molecule has 1 aromatic rings. The lowest BCUT2D eigenvalue weighted by Crippen LogP contribution is -1.91. The van der Waals surface area contributed by atoms with Crippen molar-refractivity contribution in [1.82, 2.24) is 0 Å². The van der Waals surface area contributed by atoms with Crippen molar-refractivity contribution in [2.24, 2.45) is 0 Å². The van der Waals surface area contributed by atoms with Crippen molar-refractivity contribution < 1.29 is 0 Å². The molecule has 0 N–H and O–H groups in total. The molecule has 1 unspecified atom stereocenters. The molecule has 56 valence electrons. The van der Waals surface area contributed by atoms with Gasteiger partial charge in [0, 0.05) is 0 Å². The van der Waals surface area contributed by atoms with Gasteiger partial charge in [0.25, 0.3) is 0 Å². The standard InChI is InChI=1S/C8H11P.BrH/c1-6-3-7(2)5-8(9)4-6;/h3-5H,9H2,1-2H3;1H. The fourth-order valence-electron chi connectivity index (χ4n) is 1.01. The average Bonchev–Trinajstić information content (AvgIpc) is 1.59. The zero-order valence-electron chi connectivity index (χ0n) is 6.22. The Kier molecular flexibility index (Phi) is 4.15. The Morgan fingerprint density at radius 2 is 1.40 bits per heavy atom. The molecule has 0 aromatic heterocycles. The number of hydrogen-bond acceptors (Lipinski definition) is 0. The molecule has 0 saturated heterocycles. The van der Waals surface area contributed by atoms with E-state index in [9.17, 15) is 0 Å². The molecule has 0 amide bonds. The molecule has 0 aliphatic carbocycles. The summed E-state index contributed by atoms with van der Waals surface area (Å²) in [5, 5.41) is 1.27. The largest absolute Gasteiger partial charge is 0.114 e. The predicted octanol–water partition coefficient (Wildman–Crippen LogP) is 2.38. The van der Waals surface area contributed by atoms with Gasteiger partial charge < -0.3 is 0 Å². The van der Waals surface area contributed by atoms with Gasteiger partial charge in [0.2, 0.25) is 0 Å². The highest BCUT2D eigenvalue weighted by molar-refractivity contribution is 8.93. The molecular weight excluding hydrogens is 207 g/mol. The van der Waals surface area contributed by atoms with Crippen LogP contribution in [0.2, 0.25) is 0 Å². The van der Waals surface area contributed by atoms with Crippen LogP contribution in [0, 0.1) is 13.8 Å². The number of benzene rings is 1. The predicted molar refractivity (Wildman–Crippen MR) is 55.6 cm³/mol. The Balaban J connectivity index is 0.000000810. The normalized spacial score (nSPS) is 8.70. The minimum atomic E-state index is 0. The summed E-state index contributed by atoms with van der Waals surface area (Å²) in [4.78, 5) is 0. The van der Waals surface area contributed by atoms with Crippen LogP contribution in [0.1, 0.15) is 11.1 Å². The maximum absolute atomic E-state index is 2.70. The molecule has 10 heavy (non-hydrogen) atoms. The minimum Gasteiger partial charge on any atom is -0.114 e. The second-order valence-electron chi connectivity index (χ2n) is 2.42. The molecule has 0 aliphatic rings. The maximum Gasteiger partial charge on any atom is -0.0297 e. The first kappa shape index (κ1) is 10.1. The molecule has 0 bridgehead atoms. The van der Waals surface area contributed by atoms with E-state index in [0.29, 0.717) is 0 Å². The van der Waals surface area contributed by atoms with Crippen LogP contribution in [0.4, 0.5) is 0 Å². The van der Waals surface area contributed by atoms with Gasteiger partial charge >= 0.3 is 0 Å². The zero-order valence-corrected chi connectivity index (χ0v) is 9.09. The van der Waals surface area contributed by atoms with Crippen molar-refractivity contribution in [1.29, 1.82) is 0 Å². The summed E-state index contributed by atoms with van der Waals surface area (Å²) in [6.07, 6.45) is 0. The van der Waals surface area contributed by atoms with Gasteiger partial charge in [-0.25, -0.2) is 0 Å². The van der Waals surface area contributed by atoms with Crippen molar-refractivity contribution in [2.75, 3.05) is 0 Å². The van der Waals surface area contributed by atoms with Crippen molar-refractivity contribution in [3.8, 4) is 0 Å². The van der Waals surface area contributed by atoms with Gasteiger partial charge in [0.15, 0.2) is 0 Å². The number of rotatable bonds is 0. The highest BCUT2D eigenvalue weighted by Crippen LogP contribution is 2.01. The lowest BCUT2D eigenvalue weighted by molar-refractivity contribution is 1.41. The van der Waals surface area contributed by atoms with Crippen molar-refractivity contribution >= 4 is 31.5 Å². The first-order valence-corrected chi connectivity index (χ1v) is 3.60. The number of halogens is 1. The molecule has 0 fully saturated rings. The maximum atomic E-state index is 2.70. The SMILES string of the molecule is Br.Cc1cc(C)cc(P)c1. The molecule has 0 nitrogen and oxygen atoms in total. The monoisotopic (exact) mass is 218 g/mol.